The van der Waals surface area contributed by atoms with Crippen LogP contribution >= 0.6 is 0 Å². The molecule has 138 valence electrons. The largest absolute Gasteiger partial charge is 0.481 e. The van der Waals surface area contributed by atoms with Gasteiger partial charge in [-0.15, -0.1) is 0 Å². The summed E-state index contributed by atoms with van der Waals surface area (Å²) in [5.74, 6) is -2.00. The molecular weight excluding hydrogens is 344 g/mol. The molecule has 1 aromatic rings. The highest BCUT2D eigenvalue weighted by molar-refractivity contribution is 7.89. The SMILES string of the molecule is Cc1cc(C)c(S(=O)(=O)N2CCCC(C(N)=O)C2)c(C)c1CC(=O)O. The first-order valence-corrected chi connectivity index (χ1v) is 9.60. The first-order chi connectivity index (χ1) is 11.6. The molecule has 0 saturated carbocycles. The Bertz CT molecular complexity index is 817. The maximum atomic E-state index is 13.2. The van der Waals surface area contributed by atoms with Crippen LogP contribution in [0.15, 0.2) is 11.0 Å². The van der Waals surface area contributed by atoms with Crippen LogP contribution in [0.2, 0.25) is 0 Å². The molecule has 1 atom stereocenters. The second-order valence-electron chi connectivity index (χ2n) is 6.62. The van der Waals surface area contributed by atoms with Crippen LogP contribution in [0.3, 0.4) is 0 Å². The van der Waals surface area contributed by atoms with Gasteiger partial charge in [-0.25, -0.2) is 8.42 Å². The smallest absolute Gasteiger partial charge is 0.307 e. The van der Waals surface area contributed by atoms with Gasteiger partial charge in [0.25, 0.3) is 0 Å². The fourth-order valence-electron chi connectivity index (χ4n) is 3.55. The number of nitrogens with zero attached hydrogens (tertiary/aromatic N) is 1. The van der Waals surface area contributed by atoms with E-state index in [1.165, 1.54) is 4.31 Å². The lowest BCUT2D eigenvalue weighted by Crippen LogP contribution is -2.44. The molecule has 1 amide bonds. The first-order valence-electron chi connectivity index (χ1n) is 8.16. The first kappa shape index (κ1) is 19.4. The quantitative estimate of drug-likeness (QED) is 0.807. The van der Waals surface area contributed by atoms with E-state index < -0.39 is 27.8 Å². The number of carboxylic acid groups (broad SMARTS) is 1. The van der Waals surface area contributed by atoms with E-state index in [1.54, 1.807) is 26.8 Å². The van der Waals surface area contributed by atoms with Crippen LogP contribution in [-0.2, 0) is 26.0 Å². The molecule has 25 heavy (non-hydrogen) atoms. The Morgan fingerprint density at radius 1 is 1.28 bits per heavy atom. The Morgan fingerprint density at radius 3 is 2.48 bits per heavy atom. The third kappa shape index (κ3) is 3.85. The van der Waals surface area contributed by atoms with E-state index in [0.717, 1.165) is 5.56 Å². The van der Waals surface area contributed by atoms with Crippen LogP contribution in [0.25, 0.3) is 0 Å². The molecule has 1 aliphatic rings. The molecule has 1 aromatic carbocycles. The summed E-state index contributed by atoms with van der Waals surface area (Å²) in [5, 5.41) is 9.11. The fourth-order valence-corrected chi connectivity index (χ4v) is 5.53. The summed E-state index contributed by atoms with van der Waals surface area (Å²) in [6.07, 6.45) is 0.917. The predicted molar refractivity (Wildman–Crippen MR) is 92.7 cm³/mol. The molecule has 3 N–H and O–H groups in total. The topological polar surface area (TPSA) is 118 Å². The number of rotatable bonds is 5. The normalized spacial score (nSPS) is 18.9. The predicted octanol–water partition coefficient (Wildman–Crippen LogP) is 1.12. The highest BCUT2D eigenvalue weighted by Crippen LogP contribution is 2.31. The number of carboxylic acids is 1. The molecular formula is C17H24N2O5S. The van der Waals surface area contributed by atoms with E-state index >= 15 is 0 Å². The molecule has 1 heterocycles. The Morgan fingerprint density at radius 2 is 1.92 bits per heavy atom. The summed E-state index contributed by atoms with van der Waals surface area (Å²) in [4.78, 5) is 22.7. The highest BCUT2D eigenvalue weighted by Gasteiger charge is 2.34. The number of carbonyl (C=O) groups excluding carboxylic acids is 1. The van der Waals surface area contributed by atoms with Crippen molar-refractivity contribution in [1.29, 1.82) is 0 Å². The molecule has 2 rings (SSSR count). The number of nitrogens with two attached hydrogens (primary N) is 1. The van der Waals surface area contributed by atoms with Gasteiger partial charge < -0.3 is 10.8 Å². The molecule has 0 aromatic heterocycles. The fraction of sp³-hybridized carbons (Fsp3) is 0.529. The van der Waals surface area contributed by atoms with Gasteiger partial charge in [-0.05, 0) is 55.9 Å². The minimum Gasteiger partial charge on any atom is -0.481 e. The molecule has 8 heteroatoms. The minimum atomic E-state index is -3.83. The number of sulfonamides is 1. The number of aliphatic carboxylic acids is 1. The van der Waals surface area contributed by atoms with E-state index in [1.807, 2.05) is 0 Å². The average molecular weight is 368 g/mol. The van der Waals surface area contributed by atoms with Crippen molar-refractivity contribution in [2.24, 2.45) is 11.7 Å². The summed E-state index contributed by atoms with van der Waals surface area (Å²) in [6, 6.07) is 1.70. The van der Waals surface area contributed by atoms with Crippen LogP contribution < -0.4 is 5.73 Å². The lowest BCUT2D eigenvalue weighted by molar-refractivity contribution is -0.136. The van der Waals surface area contributed by atoms with Crippen LogP contribution in [0, 0.1) is 26.7 Å². The van der Waals surface area contributed by atoms with Gasteiger partial charge in [-0.3, -0.25) is 9.59 Å². The molecule has 0 bridgehead atoms. The monoisotopic (exact) mass is 368 g/mol. The number of hydrogen-bond acceptors (Lipinski definition) is 4. The Hall–Kier alpha value is -1.93. The molecule has 1 saturated heterocycles. The van der Waals surface area contributed by atoms with Gasteiger partial charge in [0, 0.05) is 13.1 Å². The van der Waals surface area contributed by atoms with Crippen molar-refractivity contribution < 1.29 is 23.1 Å². The van der Waals surface area contributed by atoms with Gasteiger partial charge in [0.05, 0.1) is 17.2 Å². The Balaban J connectivity index is 2.52. The van der Waals surface area contributed by atoms with Gasteiger partial charge >= 0.3 is 5.97 Å². The molecule has 0 aliphatic carbocycles. The summed E-state index contributed by atoms with van der Waals surface area (Å²) in [5.41, 5.74) is 7.65. The Kier molecular flexibility index (Phi) is 5.53. The van der Waals surface area contributed by atoms with Crippen molar-refractivity contribution >= 4 is 21.9 Å². The van der Waals surface area contributed by atoms with Crippen LogP contribution in [0.5, 0.6) is 0 Å². The summed E-state index contributed by atoms with van der Waals surface area (Å²) in [6.45, 7) is 5.51. The summed E-state index contributed by atoms with van der Waals surface area (Å²) < 4.78 is 27.6. The third-order valence-corrected chi connectivity index (χ3v) is 6.93. The van der Waals surface area contributed by atoms with Crippen LogP contribution in [0.1, 0.15) is 35.1 Å². The maximum absolute atomic E-state index is 13.2. The van der Waals surface area contributed by atoms with Gasteiger partial charge in [0.15, 0.2) is 0 Å². The Labute approximate surface area is 147 Å². The lowest BCUT2D eigenvalue weighted by atomic mass is 9.97. The third-order valence-electron chi connectivity index (χ3n) is 4.77. The van der Waals surface area contributed by atoms with Gasteiger partial charge in [-0.2, -0.15) is 4.31 Å². The minimum absolute atomic E-state index is 0.0681. The second kappa shape index (κ2) is 7.13. The number of aryl methyl sites for hydroxylation is 2. The zero-order chi connectivity index (χ0) is 18.9. The molecule has 7 nitrogen and oxygen atoms in total. The van der Waals surface area contributed by atoms with Crippen LogP contribution in [0.4, 0.5) is 0 Å². The maximum Gasteiger partial charge on any atom is 0.307 e. The number of carbonyl (C=O) groups is 2. The van der Waals surface area contributed by atoms with E-state index in [9.17, 15) is 18.0 Å². The molecule has 0 spiro atoms. The van der Waals surface area contributed by atoms with Crippen molar-refractivity contribution in [3.63, 3.8) is 0 Å². The van der Waals surface area contributed by atoms with E-state index in [0.29, 0.717) is 36.1 Å². The van der Waals surface area contributed by atoms with Crippen LogP contribution in [-0.4, -0.2) is 42.8 Å². The standard InChI is InChI=1S/C17H24N2O5S/c1-10-7-11(2)16(12(3)14(10)8-15(20)21)25(23,24)19-6-4-5-13(9-19)17(18)22/h7,13H,4-6,8-9H2,1-3H3,(H2,18,22)(H,20,21). The molecule has 1 unspecified atom stereocenters. The van der Waals surface area contributed by atoms with Crippen molar-refractivity contribution in [2.45, 2.75) is 44.9 Å². The zero-order valence-corrected chi connectivity index (χ0v) is 15.5. The molecule has 1 fully saturated rings. The highest BCUT2D eigenvalue weighted by atomic mass is 32.2. The van der Waals surface area contributed by atoms with E-state index in [2.05, 4.69) is 0 Å². The van der Waals surface area contributed by atoms with E-state index in [-0.39, 0.29) is 17.9 Å². The number of amides is 1. The van der Waals surface area contributed by atoms with Gasteiger partial charge in [-0.1, -0.05) is 6.07 Å². The lowest BCUT2D eigenvalue weighted by Gasteiger charge is -2.31. The van der Waals surface area contributed by atoms with Crippen molar-refractivity contribution in [2.75, 3.05) is 13.1 Å². The van der Waals surface area contributed by atoms with Crippen molar-refractivity contribution in [3.8, 4) is 0 Å². The average Bonchev–Trinajstić information content (AvgIpc) is 2.50. The number of piperidine rings is 1. The number of hydrogen-bond donors (Lipinski definition) is 2. The summed E-state index contributed by atoms with van der Waals surface area (Å²) in [7, 11) is -3.83. The molecule has 1 aliphatic heterocycles. The van der Waals surface area contributed by atoms with Gasteiger partial charge in [0.1, 0.15) is 0 Å². The number of benzene rings is 1. The van der Waals surface area contributed by atoms with Crippen molar-refractivity contribution in [3.05, 3.63) is 28.3 Å². The van der Waals surface area contributed by atoms with E-state index in [4.69, 9.17) is 10.8 Å². The summed E-state index contributed by atoms with van der Waals surface area (Å²) >= 11 is 0. The van der Waals surface area contributed by atoms with Gasteiger partial charge in [0.2, 0.25) is 15.9 Å². The second-order valence-corrected chi connectivity index (χ2v) is 8.49. The molecule has 0 radical (unpaired) electrons. The van der Waals surface area contributed by atoms with Crippen molar-refractivity contribution in [1.82, 2.24) is 4.31 Å². The zero-order valence-electron chi connectivity index (χ0n) is 14.7. The number of primary amides is 1.